The Hall–Kier alpha value is -1.75. The fourth-order valence-electron chi connectivity index (χ4n) is 1.10. The number of nitrogens with one attached hydrogen (secondary N) is 1. The van der Waals surface area contributed by atoms with Crippen molar-refractivity contribution in [2.24, 2.45) is 5.41 Å². The lowest BCUT2D eigenvalue weighted by molar-refractivity contribution is -0.116. The molecule has 1 aromatic rings. The molecule has 0 saturated carbocycles. The van der Waals surface area contributed by atoms with Crippen LogP contribution < -0.4 is 5.32 Å². The van der Waals surface area contributed by atoms with Crippen LogP contribution in [-0.2, 0) is 4.79 Å². The third kappa shape index (κ3) is 4.74. The zero-order chi connectivity index (χ0) is 12.9. The molecule has 0 aliphatic carbocycles. The number of amides is 1. The number of carbonyl (C=O) groups is 1. The van der Waals surface area contributed by atoms with Gasteiger partial charge in [-0.3, -0.25) is 4.79 Å². The Balaban J connectivity index is 2.60. The highest BCUT2D eigenvalue weighted by Gasteiger charge is 2.20. The molecule has 1 N–H and O–H groups in total. The van der Waals surface area contributed by atoms with Gasteiger partial charge in [-0.15, -0.1) is 0 Å². The Bertz CT molecular complexity index is 431. The molecule has 0 unspecified atom stereocenters. The van der Waals surface area contributed by atoms with Crippen molar-refractivity contribution in [3.8, 4) is 11.8 Å². The summed E-state index contributed by atoms with van der Waals surface area (Å²) in [7, 11) is 0. The van der Waals surface area contributed by atoms with Gasteiger partial charge in [0.1, 0.15) is 0 Å². The van der Waals surface area contributed by atoms with Gasteiger partial charge in [0.05, 0.1) is 0 Å². The summed E-state index contributed by atoms with van der Waals surface area (Å²) in [5.41, 5.74) is 0.899. The van der Waals surface area contributed by atoms with Gasteiger partial charge in [-0.05, 0) is 24.5 Å². The van der Waals surface area contributed by atoms with Gasteiger partial charge in [-0.1, -0.05) is 44.9 Å². The average Bonchev–Trinajstić information content (AvgIpc) is 2.26. The summed E-state index contributed by atoms with van der Waals surface area (Å²) in [6.45, 7) is 8.25. The van der Waals surface area contributed by atoms with Crippen LogP contribution in [0, 0.1) is 17.3 Å². The molecule has 0 spiro atoms. The predicted molar refractivity (Wildman–Crippen MR) is 70.4 cm³/mol. The maximum atomic E-state index is 11.6. The second kappa shape index (κ2) is 5.54. The summed E-state index contributed by atoms with van der Waals surface area (Å²) in [4.78, 5) is 11.6. The lowest BCUT2D eigenvalue weighted by Gasteiger charge is -2.27. The molecule has 17 heavy (non-hydrogen) atoms. The first-order valence-electron chi connectivity index (χ1n) is 5.77. The lowest BCUT2D eigenvalue weighted by atomic mass is 9.88. The quantitative estimate of drug-likeness (QED) is 0.737. The fraction of sp³-hybridized carbons (Fsp3) is 0.400. The maximum Gasteiger partial charge on any atom is 0.296 e. The van der Waals surface area contributed by atoms with Gasteiger partial charge in [0.2, 0.25) is 0 Å². The van der Waals surface area contributed by atoms with Crippen molar-refractivity contribution in [1.29, 1.82) is 0 Å². The van der Waals surface area contributed by atoms with Crippen LogP contribution in [0.25, 0.3) is 0 Å². The SMILES string of the molecule is C[C@H](NC(=O)C#Cc1ccccc1)C(C)(C)C. The first-order valence-corrected chi connectivity index (χ1v) is 5.77. The van der Waals surface area contributed by atoms with Crippen molar-refractivity contribution >= 4 is 5.91 Å². The van der Waals surface area contributed by atoms with Crippen LogP contribution in [0.1, 0.15) is 33.3 Å². The average molecular weight is 229 g/mol. The van der Waals surface area contributed by atoms with E-state index in [9.17, 15) is 4.79 Å². The first kappa shape index (κ1) is 13.3. The molecule has 1 amide bonds. The summed E-state index contributed by atoms with van der Waals surface area (Å²) < 4.78 is 0. The van der Waals surface area contributed by atoms with E-state index in [0.29, 0.717) is 0 Å². The molecule has 90 valence electrons. The van der Waals surface area contributed by atoms with E-state index in [1.165, 1.54) is 0 Å². The van der Waals surface area contributed by atoms with Crippen molar-refractivity contribution in [3.63, 3.8) is 0 Å². The number of hydrogen-bond acceptors (Lipinski definition) is 1. The molecule has 0 radical (unpaired) electrons. The highest BCUT2D eigenvalue weighted by atomic mass is 16.1. The van der Waals surface area contributed by atoms with Gasteiger partial charge in [-0.2, -0.15) is 0 Å². The molecule has 1 atom stereocenters. The monoisotopic (exact) mass is 229 g/mol. The summed E-state index contributed by atoms with van der Waals surface area (Å²) in [6, 6.07) is 9.59. The van der Waals surface area contributed by atoms with E-state index >= 15 is 0 Å². The van der Waals surface area contributed by atoms with Gasteiger partial charge in [0.15, 0.2) is 0 Å². The maximum absolute atomic E-state index is 11.6. The Labute approximate surface area is 103 Å². The molecule has 1 aromatic carbocycles. The summed E-state index contributed by atoms with van der Waals surface area (Å²) in [5, 5.41) is 2.88. The topological polar surface area (TPSA) is 29.1 Å². The van der Waals surface area contributed by atoms with Crippen LogP contribution >= 0.6 is 0 Å². The zero-order valence-corrected chi connectivity index (χ0v) is 10.9. The fourth-order valence-corrected chi connectivity index (χ4v) is 1.10. The summed E-state index contributed by atoms with van der Waals surface area (Å²) in [6.07, 6.45) is 0. The van der Waals surface area contributed by atoms with E-state index in [1.807, 2.05) is 37.3 Å². The van der Waals surface area contributed by atoms with E-state index in [1.54, 1.807) is 0 Å². The third-order valence-corrected chi connectivity index (χ3v) is 2.74. The smallest absolute Gasteiger partial charge is 0.296 e. The minimum absolute atomic E-state index is 0.0457. The lowest BCUT2D eigenvalue weighted by Crippen LogP contribution is -2.40. The first-order chi connectivity index (χ1) is 7.89. The molecule has 0 saturated heterocycles. The minimum atomic E-state index is -0.226. The molecule has 0 fully saturated rings. The van der Waals surface area contributed by atoms with Crippen molar-refractivity contribution in [2.45, 2.75) is 33.7 Å². The van der Waals surface area contributed by atoms with Gasteiger partial charge >= 0.3 is 0 Å². The Morgan fingerprint density at radius 2 is 1.82 bits per heavy atom. The molecule has 0 aromatic heterocycles. The van der Waals surface area contributed by atoms with Crippen molar-refractivity contribution < 1.29 is 4.79 Å². The van der Waals surface area contributed by atoms with Crippen molar-refractivity contribution in [2.75, 3.05) is 0 Å². The van der Waals surface area contributed by atoms with E-state index in [-0.39, 0.29) is 17.4 Å². The van der Waals surface area contributed by atoms with Crippen LogP contribution in [0.3, 0.4) is 0 Å². The number of benzene rings is 1. The minimum Gasteiger partial charge on any atom is -0.342 e. The van der Waals surface area contributed by atoms with Gasteiger partial charge in [0.25, 0.3) is 5.91 Å². The molecule has 0 bridgehead atoms. The normalized spacial score (nSPS) is 12.2. The Morgan fingerprint density at radius 3 is 2.35 bits per heavy atom. The number of rotatable bonds is 1. The summed E-state index contributed by atoms with van der Waals surface area (Å²) >= 11 is 0. The standard InChI is InChI=1S/C15H19NO/c1-12(15(2,3)4)16-14(17)11-10-13-8-6-5-7-9-13/h5-9,12H,1-4H3,(H,16,17)/t12-/m0/s1. The van der Waals surface area contributed by atoms with E-state index in [4.69, 9.17) is 0 Å². The molecule has 2 nitrogen and oxygen atoms in total. The van der Waals surface area contributed by atoms with Crippen LogP contribution in [0.2, 0.25) is 0 Å². The molecule has 2 heteroatoms. The van der Waals surface area contributed by atoms with E-state index < -0.39 is 0 Å². The van der Waals surface area contributed by atoms with Gasteiger partial charge in [-0.25, -0.2) is 0 Å². The molecule has 0 aliphatic heterocycles. The third-order valence-electron chi connectivity index (χ3n) is 2.74. The van der Waals surface area contributed by atoms with Crippen LogP contribution in [0.5, 0.6) is 0 Å². The predicted octanol–water partition coefficient (Wildman–Crippen LogP) is 2.59. The molecular formula is C15H19NO. The highest BCUT2D eigenvalue weighted by Crippen LogP contribution is 2.18. The number of carbonyl (C=O) groups excluding carboxylic acids is 1. The van der Waals surface area contributed by atoms with Crippen LogP contribution in [0.15, 0.2) is 30.3 Å². The molecule has 0 heterocycles. The second-order valence-corrected chi connectivity index (χ2v) is 5.18. The van der Waals surface area contributed by atoms with E-state index in [0.717, 1.165) is 5.56 Å². The molecule has 1 rings (SSSR count). The van der Waals surface area contributed by atoms with Crippen molar-refractivity contribution in [1.82, 2.24) is 5.32 Å². The van der Waals surface area contributed by atoms with E-state index in [2.05, 4.69) is 37.9 Å². The Morgan fingerprint density at radius 1 is 1.24 bits per heavy atom. The van der Waals surface area contributed by atoms with Gasteiger partial charge in [0, 0.05) is 17.5 Å². The number of hydrogen-bond donors (Lipinski definition) is 1. The van der Waals surface area contributed by atoms with Crippen LogP contribution in [0.4, 0.5) is 0 Å². The molecular weight excluding hydrogens is 210 g/mol. The summed E-state index contributed by atoms with van der Waals surface area (Å²) in [5.74, 6) is 5.22. The van der Waals surface area contributed by atoms with Crippen molar-refractivity contribution in [3.05, 3.63) is 35.9 Å². The molecule has 0 aliphatic rings. The second-order valence-electron chi connectivity index (χ2n) is 5.18. The largest absolute Gasteiger partial charge is 0.342 e. The highest BCUT2D eigenvalue weighted by molar-refractivity contribution is 5.94. The zero-order valence-electron chi connectivity index (χ0n) is 10.9. The Kier molecular flexibility index (Phi) is 4.34. The van der Waals surface area contributed by atoms with Gasteiger partial charge < -0.3 is 5.32 Å². The van der Waals surface area contributed by atoms with Crippen LogP contribution in [-0.4, -0.2) is 11.9 Å².